The first-order chi connectivity index (χ1) is 13.0. The SMILES string of the molecule is CCC[C@H](N)C(=O)N1CCC(c2nc(C)cc(Nc3ncc(C)s3)n2)CC1. The van der Waals surface area contributed by atoms with E-state index in [0.29, 0.717) is 13.1 Å². The Balaban J connectivity index is 1.64. The Morgan fingerprint density at radius 2 is 2.11 bits per heavy atom. The number of rotatable bonds is 6. The number of aromatic nitrogens is 3. The van der Waals surface area contributed by atoms with Crippen molar-refractivity contribution in [2.24, 2.45) is 5.73 Å². The lowest BCUT2D eigenvalue weighted by molar-refractivity contribution is -0.133. The normalized spacial score (nSPS) is 16.4. The van der Waals surface area contributed by atoms with Crippen LogP contribution in [0.5, 0.6) is 0 Å². The molecule has 1 aliphatic heterocycles. The molecule has 0 aliphatic carbocycles. The Morgan fingerprint density at radius 3 is 2.74 bits per heavy atom. The number of hydrogen-bond donors (Lipinski definition) is 2. The van der Waals surface area contributed by atoms with Gasteiger partial charge in [0.2, 0.25) is 5.91 Å². The van der Waals surface area contributed by atoms with Crippen LogP contribution in [-0.2, 0) is 4.79 Å². The van der Waals surface area contributed by atoms with Crippen molar-refractivity contribution < 1.29 is 4.79 Å². The monoisotopic (exact) mass is 388 g/mol. The Bertz CT molecular complexity index is 784. The first-order valence-corrected chi connectivity index (χ1v) is 10.4. The number of carbonyl (C=O) groups excluding carboxylic acids is 1. The predicted molar refractivity (Wildman–Crippen MR) is 108 cm³/mol. The van der Waals surface area contributed by atoms with Crippen molar-refractivity contribution in [2.45, 2.75) is 58.4 Å². The predicted octanol–water partition coefficient (Wildman–Crippen LogP) is 3.13. The minimum Gasteiger partial charge on any atom is -0.341 e. The van der Waals surface area contributed by atoms with E-state index < -0.39 is 0 Å². The summed E-state index contributed by atoms with van der Waals surface area (Å²) < 4.78 is 0. The molecule has 2 aromatic heterocycles. The quantitative estimate of drug-likeness (QED) is 0.789. The molecular formula is C19H28N6OS. The number of aryl methyl sites for hydroxylation is 2. The Morgan fingerprint density at radius 1 is 1.37 bits per heavy atom. The largest absolute Gasteiger partial charge is 0.341 e. The van der Waals surface area contributed by atoms with Crippen molar-refractivity contribution in [3.63, 3.8) is 0 Å². The summed E-state index contributed by atoms with van der Waals surface area (Å²) in [5.41, 5.74) is 6.92. The number of hydrogen-bond acceptors (Lipinski definition) is 7. The topological polar surface area (TPSA) is 97.0 Å². The van der Waals surface area contributed by atoms with E-state index >= 15 is 0 Å². The number of anilines is 2. The standard InChI is InChI=1S/C19H28N6OS/c1-4-5-15(20)18(26)25-8-6-14(7-9-25)17-22-12(2)10-16(23-17)24-19-21-11-13(3)27-19/h10-11,14-15H,4-9,20H2,1-3H3,(H,21,22,23,24)/t15-/m0/s1. The van der Waals surface area contributed by atoms with Crippen molar-refractivity contribution in [2.75, 3.05) is 18.4 Å². The second-order valence-corrected chi connectivity index (χ2v) is 8.38. The van der Waals surface area contributed by atoms with Crippen molar-refractivity contribution >= 4 is 28.2 Å². The van der Waals surface area contributed by atoms with Gasteiger partial charge in [-0.05, 0) is 33.1 Å². The molecule has 1 aliphatic rings. The van der Waals surface area contributed by atoms with Crippen LogP contribution in [0.3, 0.4) is 0 Å². The van der Waals surface area contributed by atoms with E-state index in [1.807, 2.05) is 37.9 Å². The Kier molecular flexibility index (Phi) is 6.38. The lowest BCUT2D eigenvalue weighted by Gasteiger charge is -2.33. The van der Waals surface area contributed by atoms with E-state index in [0.717, 1.165) is 53.0 Å². The maximum absolute atomic E-state index is 12.4. The van der Waals surface area contributed by atoms with Crippen LogP contribution in [0, 0.1) is 13.8 Å². The molecule has 1 atom stereocenters. The molecule has 3 heterocycles. The summed E-state index contributed by atoms with van der Waals surface area (Å²) >= 11 is 1.60. The number of thiazole rings is 1. The van der Waals surface area contributed by atoms with E-state index in [4.69, 9.17) is 10.7 Å². The highest BCUT2D eigenvalue weighted by Crippen LogP contribution is 2.28. The van der Waals surface area contributed by atoms with E-state index in [1.165, 1.54) is 0 Å². The van der Waals surface area contributed by atoms with Gasteiger partial charge in [-0.3, -0.25) is 4.79 Å². The summed E-state index contributed by atoms with van der Waals surface area (Å²) in [5, 5.41) is 4.11. The fraction of sp³-hybridized carbons (Fsp3) is 0.579. The van der Waals surface area contributed by atoms with E-state index in [9.17, 15) is 4.79 Å². The van der Waals surface area contributed by atoms with Gasteiger partial charge in [-0.25, -0.2) is 15.0 Å². The molecule has 1 amide bonds. The van der Waals surface area contributed by atoms with Crippen LogP contribution in [0.2, 0.25) is 0 Å². The van der Waals surface area contributed by atoms with Crippen molar-refractivity contribution in [3.05, 3.63) is 28.7 Å². The Labute approximate surface area is 164 Å². The van der Waals surface area contributed by atoms with Gasteiger partial charge < -0.3 is 16.0 Å². The average molecular weight is 389 g/mol. The minimum absolute atomic E-state index is 0.0713. The van der Waals surface area contributed by atoms with Gasteiger partial charge >= 0.3 is 0 Å². The summed E-state index contributed by atoms with van der Waals surface area (Å²) in [7, 11) is 0. The van der Waals surface area contributed by atoms with Crippen molar-refractivity contribution in [1.82, 2.24) is 19.9 Å². The number of likely N-dealkylation sites (tertiary alicyclic amines) is 1. The molecule has 3 rings (SSSR count). The zero-order valence-electron chi connectivity index (χ0n) is 16.2. The highest BCUT2D eigenvalue weighted by atomic mass is 32.1. The van der Waals surface area contributed by atoms with Crippen LogP contribution in [0.15, 0.2) is 12.3 Å². The first kappa shape index (κ1) is 19.7. The van der Waals surface area contributed by atoms with Crippen LogP contribution in [0.1, 0.15) is 54.9 Å². The summed E-state index contributed by atoms with van der Waals surface area (Å²) in [6.07, 6.45) is 5.24. The molecule has 0 bridgehead atoms. The lowest BCUT2D eigenvalue weighted by atomic mass is 9.95. The lowest BCUT2D eigenvalue weighted by Crippen LogP contribution is -2.47. The smallest absolute Gasteiger partial charge is 0.239 e. The van der Waals surface area contributed by atoms with E-state index in [2.05, 4.69) is 15.3 Å². The maximum Gasteiger partial charge on any atom is 0.239 e. The molecule has 0 aromatic carbocycles. The third-order valence-electron chi connectivity index (χ3n) is 4.82. The summed E-state index contributed by atoms with van der Waals surface area (Å²) in [5.74, 6) is 1.95. The highest BCUT2D eigenvalue weighted by molar-refractivity contribution is 7.15. The number of amides is 1. The number of nitrogens with zero attached hydrogens (tertiary/aromatic N) is 4. The molecule has 3 N–H and O–H groups in total. The van der Waals surface area contributed by atoms with Gasteiger partial charge in [-0.15, -0.1) is 11.3 Å². The van der Waals surface area contributed by atoms with Gasteiger partial charge in [0.1, 0.15) is 11.6 Å². The zero-order chi connectivity index (χ0) is 19.4. The van der Waals surface area contributed by atoms with Gasteiger partial charge in [-0.2, -0.15) is 0 Å². The zero-order valence-corrected chi connectivity index (χ0v) is 17.1. The van der Waals surface area contributed by atoms with Crippen LogP contribution in [-0.4, -0.2) is 44.9 Å². The highest BCUT2D eigenvalue weighted by Gasteiger charge is 2.28. The van der Waals surface area contributed by atoms with E-state index in [1.54, 1.807) is 11.3 Å². The molecule has 0 spiro atoms. The molecule has 1 saturated heterocycles. The number of nitrogens with two attached hydrogens (primary N) is 1. The summed E-state index contributed by atoms with van der Waals surface area (Å²) in [4.78, 5) is 29.1. The van der Waals surface area contributed by atoms with Crippen LogP contribution in [0.25, 0.3) is 0 Å². The Hall–Kier alpha value is -2.06. The molecule has 1 fully saturated rings. The van der Waals surface area contributed by atoms with Gasteiger partial charge in [0.15, 0.2) is 5.13 Å². The minimum atomic E-state index is -0.376. The van der Waals surface area contributed by atoms with Crippen molar-refractivity contribution in [1.29, 1.82) is 0 Å². The number of nitrogens with one attached hydrogen (secondary N) is 1. The molecule has 0 saturated carbocycles. The maximum atomic E-state index is 12.4. The molecule has 0 radical (unpaired) electrons. The van der Waals surface area contributed by atoms with Crippen LogP contribution >= 0.6 is 11.3 Å². The van der Waals surface area contributed by atoms with Gasteiger partial charge in [-0.1, -0.05) is 13.3 Å². The second kappa shape index (κ2) is 8.75. The number of piperidine rings is 1. The molecular weight excluding hydrogens is 360 g/mol. The summed E-state index contributed by atoms with van der Waals surface area (Å²) in [6.45, 7) is 7.49. The van der Waals surface area contributed by atoms with Gasteiger partial charge in [0.25, 0.3) is 0 Å². The molecule has 0 unspecified atom stereocenters. The van der Waals surface area contributed by atoms with Crippen molar-refractivity contribution in [3.8, 4) is 0 Å². The third kappa shape index (κ3) is 5.01. The third-order valence-corrected chi connectivity index (χ3v) is 5.64. The average Bonchev–Trinajstić information content (AvgIpc) is 3.05. The van der Waals surface area contributed by atoms with Crippen LogP contribution < -0.4 is 11.1 Å². The number of carbonyl (C=O) groups is 1. The van der Waals surface area contributed by atoms with Crippen LogP contribution in [0.4, 0.5) is 10.9 Å². The molecule has 8 heteroatoms. The molecule has 7 nitrogen and oxygen atoms in total. The van der Waals surface area contributed by atoms with Gasteiger partial charge in [0.05, 0.1) is 6.04 Å². The molecule has 2 aromatic rings. The molecule has 146 valence electrons. The first-order valence-electron chi connectivity index (χ1n) is 9.55. The van der Waals surface area contributed by atoms with Gasteiger partial charge in [0, 0.05) is 41.8 Å². The summed E-state index contributed by atoms with van der Waals surface area (Å²) in [6, 6.07) is 1.56. The molecule has 27 heavy (non-hydrogen) atoms. The fourth-order valence-electron chi connectivity index (χ4n) is 3.39. The fourth-order valence-corrected chi connectivity index (χ4v) is 4.06. The second-order valence-electron chi connectivity index (χ2n) is 7.15. The van der Waals surface area contributed by atoms with E-state index in [-0.39, 0.29) is 17.9 Å².